The average molecular weight is 375 g/mol. The molecule has 0 unspecified atom stereocenters. The molecule has 8 heteroatoms. The first-order chi connectivity index (χ1) is 12.5. The Bertz CT molecular complexity index is 805. The number of carbonyl (C=O) groups excluding carboxylic acids is 1. The summed E-state index contributed by atoms with van der Waals surface area (Å²) in [6.45, 7) is 2.28. The monoisotopic (exact) mass is 374 g/mol. The molecule has 1 saturated heterocycles. The van der Waals surface area contributed by atoms with Crippen LogP contribution in [0.25, 0.3) is 0 Å². The van der Waals surface area contributed by atoms with E-state index in [0.717, 1.165) is 24.5 Å². The zero-order valence-electron chi connectivity index (χ0n) is 14.2. The number of carbonyl (C=O) groups is 1. The number of hydrogen-bond acceptors (Lipinski definition) is 5. The maximum atomic E-state index is 12.3. The SMILES string of the molecule is O=C(NCc1ccc(N2CCCCC2)nc1)c1ccc(Cl)cc1[N+](=O)[O-]. The van der Waals surface area contributed by atoms with Gasteiger partial charge in [-0.05, 0) is 43.0 Å². The van der Waals surface area contributed by atoms with E-state index in [1.807, 2.05) is 12.1 Å². The van der Waals surface area contributed by atoms with Crippen LogP contribution in [-0.4, -0.2) is 28.9 Å². The van der Waals surface area contributed by atoms with Crippen LogP contribution < -0.4 is 10.2 Å². The summed E-state index contributed by atoms with van der Waals surface area (Å²) in [6.07, 6.45) is 5.34. The van der Waals surface area contributed by atoms with Crippen molar-refractivity contribution in [2.75, 3.05) is 18.0 Å². The molecule has 0 saturated carbocycles. The van der Waals surface area contributed by atoms with E-state index in [0.29, 0.717) is 0 Å². The maximum absolute atomic E-state index is 12.3. The van der Waals surface area contributed by atoms with Crippen LogP contribution in [0.3, 0.4) is 0 Å². The highest BCUT2D eigenvalue weighted by atomic mass is 35.5. The third-order valence-electron chi connectivity index (χ3n) is 4.34. The Morgan fingerprint density at radius 1 is 1.23 bits per heavy atom. The fourth-order valence-electron chi connectivity index (χ4n) is 2.96. The number of nitro groups is 1. The van der Waals surface area contributed by atoms with Gasteiger partial charge in [-0.25, -0.2) is 4.98 Å². The maximum Gasteiger partial charge on any atom is 0.283 e. The number of nitro benzene ring substituents is 1. The predicted molar refractivity (Wildman–Crippen MR) is 99.6 cm³/mol. The number of anilines is 1. The van der Waals surface area contributed by atoms with Crippen molar-refractivity contribution in [2.24, 2.45) is 0 Å². The number of nitrogens with one attached hydrogen (secondary N) is 1. The van der Waals surface area contributed by atoms with E-state index in [2.05, 4.69) is 15.2 Å². The number of benzene rings is 1. The lowest BCUT2D eigenvalue weighted by Gasteiger charge is -2.27. The Balaban J connectivity index is 1.64. The van der Waals surface area contributed by atoms with Gasteiger partial charge in [0.2, 0.25) is 0 Å². The van der Waals surface area contributed by atoms with Crippen LogP contribution in [0.5, 0.6) is 0 Å². The zero-order chi connectivity index (χ0) is 18.5. The summed E-state index contributed by atoms with van der Waals surface area (Å²) in [5.74, 6) is 0.418. The Morgan fingerprint density at radius 2 is 2.00 bits per heavy atom. The third kappa shape index (κ3) is 4.29. The predicted octanol–water partition coefficient (Wildman–Crippen LogP) is 3.56. The lowest BCUT2D eigenvalue weighted by atomic mass is 10.1. The Hall–Kier alpha value is -2.67. The molecule has 7 nitrogen and oxygen atoms in total. The van der Waals surface area contributed by atoms with Crippen molar-refractivity contribution >= 4 is 29.0 Å². The van der Waals surface area contributed by atoms with E-state index in [1.165, 1.54) is 37.5 Å². The third-order valence-corrected chi connectivity index (χ3v) is 4.58. The van der Waals surface area contributed by atoms with Crippen molar-refractivity contribution in [1.29, 1.82) is 0 Å². The highest BCUT2D eigenvalue weighted by Crippen LogP contribution is 2.23. The minimum Gasteiger partial charge on any atom is -0.357 e. The molecule has 1 amide bonds. The summed E-state index contributed by atoms with van der Waals surface area (Å²) in [4.78, 5) is 29.5. The van der Waals surface area contributed by atoms with Crippen molar-refractivity contribution in [1.82, 2.24) is 10.3 Å². The summed E-state index contributed by atoms with van der Waals surface area (Å²) >= 11 is 5.77. The van der Waals surface area contributed by atoms with Crippen LogP contribution >= 0.6 is 11.6 Å². The zero-order valence-corrected chi connectivity index (χ0v) is 14.9. The molecule has 136 valence electrons. The van der Waals surface area contributed by atoms with Crippen molar-refractivity contribution < 1.29 is 9.72 Å². The topological polar surface area (TPSA) is 88.4 Å². The molecule has 1 aliphatic rings. The quantitative estimate of drug-likeness (QED) is 0.638. The molecule has 1 N–H and O–H groups in total. The molecule has 1 aromatic carbocycles. The Morgan fingerprint density at radius 3 is 2.65 bits per heavy atom. The number of halogens is 1. The second-order valence-electron chi connectivity index (χ2n) is 6.17. The average Bonchev–Trinajstić information content (AvgIpc) is 2.67. The van der Waals surface area contributed by atoms with E-state index in [4.69, 9.17) is 11.6 Å². The standard InChI is InChI=1S/C18H19ClN4O3/c19-14-5-6-15(16(10-14)23(25)26)18(24)21-12-13-4-7-17(20-11-13)22-8-2-1-3-9-22/h4-7,10-11H,1-3,8-9,12H2,(H,21,24). The fourth-order valence-corrected chi connectivity index (χ4v) is 3.12. The molecule has 3 rings (SSSR count). The minimum absolute atomic E-state index is 0.0164. The molecule has 0 spiro atoms. The molecule has 0 atom stereocenters. The number of hydrogen-bond donors (Lipinski definition) is 1. The van der Waals surface area contributed by atoms with Gasteiger partial charge in [-0.3, -0.25) is 14.9 Å². The van der Waals surface area contributed by atoms with E-state index in [1.54, 1.807) is 6.20 Å². The van der Waals surface area contributed by atoms with Gasteiger partial charge in [0.15, 0.2) is 0 Å². The van der Waals surface area contributed by atoms with E-state index < -0.39 is 10.8 Å². The normalized spacial score (nSPS) is 14.1. The molecule has 2 heterocycles. The highest BCUT2D eigenvalue weighted by Gasteiger charge is 2.20. The second kappa shape index (κ2) is 8.14. The fraction of sp³-hybridized carbons (Fsp3) is 0.333. The van der Waals surface area contributed by atoms with Crippen LogP contribution in [0.4, 0.5) is 11.5 Å². The Kier molecular flexibility index (Phi) is 5.68. The summed E-state index contributed by atoms with van der Waals surface area (Å²) in [5, 5.41) is 14.0. The summed E-state index contributed by atoms with van der Waals surface area (Å²) in [7, 11) is 0. The number of amides is 1. The van der Waals surface area contributed by atoms with E-state index in [-0.39, 0.29) is 22.8 Å². The first-order valence-corrected chi connectivity index (χ1v) is 8.84. The number of aromatic nitrogens is 1. The highest BCUT2D eigenvalue weighted by molar-refractivity contribution is 6.31. The van der Waals surface area contributed by atoms with Crippen LogP contribution in [0.1, 0.15) is 35.2 Å². The molecule has 0 aliphatic carbocycles. The molecular formula is C18H19ClN4O3. The van der Waals surface area contributed by atoms with Gasteiger partial charge >= 0.3 is 0 Å². The van der Waals surface area contributed by atoms with Crippen LogP contribution in [0.15, 0.2) is 36.5 Å². The van der Waals surface area contributed by atoms with E-state index in [9.17, 15) is 14.9 Å². The van der Waals surface area contributed by atoms with Gasteiger partial charge in [-0.2, -0.15) is 0 Å². The first kappa shape index (κ1) is 18.1. The first-order valence-electron chi connectivity index (χ1n) is 8.46. The molecule has 0 bridgehead atoms. The summed E-state index contributed by atoms with van der Waals surface area (Å²) in [5.41, 5.74) is 0.501. The lowest BCUT2D eigenvalue weighted by Crippen LogP contribution is -2.30. The smallest absolute Gasteiger partial charge is 0.283 e. The van der Waals surface area contributed by atoms with Gasteiger partial charge < -0.3 is 10.2 Å². The second-order valence-corrected chi connectivity index (χ2v) is 6.61. The van der Waals surface area contributed by atoms with Crippen LogP contribution in [0, 0.1) is 10.1 Å². The molecule has 1 aliphatic heterocycles. The van der Waals surface area contributed by atoms with Gasteiger partial charge in [0.1, 0.15) is 11.4 Å². The summed E-state index contributed by atoms with van der Waals surface area (Å²) in [6, 6.07) is 7.84. The van der Waals surface area contributed by atoms with E-state index >= 15 is 0 Å². The van der Waals surface area contributed by atoms with Crippen molar-refractivity contribution in [3.8, 4) is 0 Å². The Labute approximate surface area is 156 Å². The van der Waals surface area contributed by atoms with Gasteiger partial charge in [-0.15, -0.1) is 0 Å². The molecule has 1 aromatic heterocycles. The lowest BCUT2D eigenvalue weighted by molar-refractivity contribution is -0.385. The van der Waals surface area contributed by atoms with Crippen molar-refractivity contribution in [2.45, 2.75) is 25.8 Å². The molecule has 0 radical (unpaired) electrons. The van der Waals surface area contributed by atoms with Gasteiger partial charge in [0.05, 0.1) is 4.92 Å². The van der Waals surface area contributed by atoms with Crippen LogP contribution in [0.2, 0.25) is 5.02 Å². The molecule has 2 aromatic rings. The molecular weight excluding hydrogens is 356 g/mol. The van der Waals surface area contributed by atoms with Crippen LogP contribution in [-0.2, 0) is 6.54 Å². The largest absolute Gasteiger partial charge is 0.357 e. The molecule has 1 fully saturated rings. The van der Waals surface area contributed by atoms with Crippen molar-refractivity contribution in [3.63, 3.8) is 0 Å². The van der Waals surface area contributed by atoms with Gasteiger partial charge in [0, 0.05) is 36.9 Å². The number of nitrogens with zero attached hydrogens (tertiary/aromatic N) is 3. The number of piperidine rings is 1. The van der Waals surface area contributed by atoms with Gasteiger partial charge in [-0.1, -0.05) is 17.7 Å². The number of pyridine rings is 1. The van der Waals surface area contributed by atoms with Crippen molar-refractivity contribution in [3.05, 3.63) is 62.8 Å². The number of rotatable bonds is 5. The van der Waals surface area contributed by atoms with Gasteiger partial charge in [0.25, 0.3) is 11.6 Å². The minimum atomic E-state index is -0.615. The molecule has 26 heavy (non-hydrogen) atoms. The summed E-state index contributed by atoms with van der Waals surface area (Å²) < 4.78 is 0.